The van der Waals surface area contributed by atoms with Crippen molar-refractivity contribution in [2.75, 3.05) is 5.32 Å². The highest BCUT2D eigenvalue weighted by Crippen LogP contribution is 2.09. The largest absolute Gasteiger partial charge is 0.348 e. The third kappa shape index (κ3) is 3.14. The lowest BCUT2D eigenvalue weighted by atomic mass is 10.1. The second kappa shape index (κ2) is 5.42. The maximum absolute atomic E-state index is 12.9. The Balaban J connectivity index is 1.95. The molecule has 2 aromatic rings. The first-order chi connectivity index (χ1) is 8.65. The first-order valence-corrected chi connectivity index (χ1v) is 5.44. The number of H-pyrrole nitrogens is 1. The van der Waals surface area contributed by atoms with Crippen LogP contribution < -0.4 is 11.1 Å². The lowest BCUT2D eigenvalue weighted by Crippen LogP contribution is -2.37. The summed E-state index contributed by atoms with van der Waals surface area (Å²) in [4.78, 5) is 18.5. The molecule has 1 atom stereocenters. The van der Waals surface area contributed by atoms with Crippen molar-refractivity contribution >= 4 is 11.6 Å². The average Bonchev–Trinajstić information content (AvgIpc) is 2.81. The molecule has 0 aliphatic heterocycles. The summed E-state index contributed by atoms with van der Waals surface area (Å²) in [7, 11) is 0. The van der Waals surface area contributed by atoms with E-state index < -0.39 is 11.9 Å². The number of amides is 1. The lowest BCUT2D eigenvalue weighted by molar-refractivity contribution is -0.117. The van der Waals surface area contributed by atoms with Gasteiger partial charge in [0.25, 0.3) is 0 Å². The van der Waals surface area contributed by atoms with Crippen LogP contribution in [0, 0.1) is 5.82 Å². The minimum Gasteiger partial charge on any atom is -0.348 e. The topological polar surface area (TPSA) is 83.8 Å². The van der Waals surface area contributed by atoms with Crippen molar-refractivity contribution in [1.29, 1.82) is 0 Å². The number of anilines is 1. The Kier molecular flexibility index (Phi) is 3.69. The molecule has 1 heterocycles. The normalized spacial score (nSPS) is 12.1. The Bertz CT molecular complexity index is 527. The quantitative estimate of drug-likeness (QED) is 0.756. The maximum atomic E-state index is 12.9. The fourth-order valence-electron chi connectivity index (χ4n) is 1.53. The van der Waals surface area contributed by atoms with Crippen LogP contribution in [0.25, 0.3) is 0 Å². The van der Waals surface area contributed by atoms with Gasteiger partial charge in [-0.2, -0.15) is 0 Å². The third-order valence-corrected chi connectivity index (χ3v) is 2.42. The molecule has 4 N–H and O–H groups in total. The highest BCUT2D eigenvalue weighted by Gasteiger charge is 2.15. The summed E-state index contributed by atoms with van der Waals surface area (Å²) in [5, 5.41) is 2.56. The zero-order chi connectivity index (χ0) is 13.0. The third-order valence-electron chi connectivity index (χ3n) is 2.42. The van der Waals surface area contributed by atoms with Crippen molar-refractivity contribution in [3.8, 4) is 0 Å². The number of hydrogen-bond acceptors (Lipinski definition) is 3. The second-order valence-electron chi connectivity index (χ2n) is 3.89. The highest BCUT2D eigenvalue weighted by atomic mass is 19.1. The van der Waals surface area contributed by atoms with E-state index in [1.165, 1.54) is 24.5 Å². The minimum atomic E-state index is -0.714. The molecule has 5 nitrogen and oxygen atoms in total. The zero-order valence-corrected chi connectivity index (χ0v) is 9.56. The smallest absolute Gasteiger partial charge is 0.241 e. The molecule has 1 aromatic carbocycles. The maximum Gasteiger partial charge on any atom is 0.241 e. The van der Waals surface area contributed by atoms with Gasteiger partial charge in [-0.25, -0.2) is 9.37 Å². The standard InChI is InChI=1S/C12H13FN4O/c13-8-2-1-3-9(4-8)17-12(18)11(14)5-10-6-15-7-16-10/h1-4,6-7,11H,5,14H2,(H,15,16)(H,17,18)/t11-/m0/s1. The number of aromatic nitrogens is 2. The number of carbonyl (C=O) groups is 1. The summed E-state index contributed by atoms with van der Waals surface area (Å²) in [6.45, 7) is 0. The SMILES string of the molecule is N[C@@H](Cc1cnc[nH]1)C(=O)Nc1cccc(F)c1. The van der Waals surface area contributed by atoms with Gasteiger partial charge in [0.1, 0.15) is 5.82 Å². The monoisotopic (exact) mass is 248 g/mol. The predicted octanol–water partition coefficient (Wildman–Crippen LogP) is 1.06. The molecule has 6 heteroatoms. The Morgan fingerprint density at radius 3 is 3.06 bits per heavy atom. The van der Waals surface area contributed by atoms with E-state index in [1.54, 1.807) is 12.3 Å². The summed E-state index contributed by atoms with van der Waals surface area (Å²) in [5.74, 6) is -0.773. The van der Waals surface area contributed by atoms with E-state index in [9.17, 15) is 9.18 Å². The van der Waals surface area contributed by atoms with Gasteiger partial charge in [0.2, 0.25) is 5.91 Å². The molecule has 0 saturated heterocycles. The Morgan fingerprint density at radius 1 is 1.56 bits per heavy atom. The first kappa shape index (κ1) is 12.3. The summed E-state index contributed by atoms with van der Waals surface area (Å²) in [6, 6.07) is 4.95. The van der Waals surface area contributed by atoms with Crippen LogP contribution in [0.4, 0.5) is 10.1 Å². The number of hydrogen-bond donors (Lipinski definition) is 3. The number of halogens is 1. The van der Waals surface area contributed by atoms with Crippen molar-refractivity contribution in [3.63, 3.8) is 0 Å². The number of rotatable bonds is 4. The van der Waals surface area contributed by atoms with Gasteiger partial charge in [-0.1, -0.05) is 6.07 Å². The summed E-state index contributed by atoms with van der Waals surface area (Å²) >= 11 is 0. The number of nitrogens with zero attached hydrogens (tertiary/aromatic N) is 1. The molecule has 0 aliphatic rings. The van der Waals surface area contributed by atoms with Crippen molar-refractivity contribution in [2.45, 2.75) is 12.5 Å². The minimum absolute atomic E-state index is 0.348. The Morgan fingerprint density at radius 2 is 2.39 bits per heavy atom. The van der Waals surface area contributed by atoms with E-state index in [-0.39, 0.29) is 5.91 Å². The molecule has 0 fully saturated rings. The summed E-state index contributed by atoms with van der Waals surface area (Å²) in [5.41, 5.74) is 6.90. The van der Waals surface area contributed by atoms with E-state index in [0.717, 1.165) is 5.69 Å². The van der Waals surface area contributed by atoms with Crippen LogP contribution in [-0.4, -0.2) is 21.9 Å². The number of carbonyl (C=O) groups excluding carboxylic acids is 1. The molecule has 2 rings (SSSR count). The van der Waals surface area contributed by atoms with Gasteiger partial charge in [0.05, 0.1) is 12.4 Å². The first-order valence-electron chi connectivity index (χ1n) is 5.44. The highest BCUT2D eigenvalue weighted by molar-refractivity contribution is 5.94. The van der Waals surface area contributed by atoms with E-state index >= 15 is 0 Å². The summed E-state index contributed by atoms with van der Waals surface area (Å²) < 4.78 is 12.9. The number of imidazole rings is 1. The average molecular weight is 248 g/mol. The van der Waals surface area contributed by atoms with Crippen LogP contribution in [0.5, 0.6) is 0 Å². The number of benzene rings is 1. The number of aromatic amines is 1. The molecule has 1 amide bonds. The van der Waals surface area contributed by atoms with E-state index in [4.69, 9.17) is 5.73 Å². The Labute approximate surface area is 103 Å². The predicted molar refractivity (Wildman–Crippen MR) is 65.3 cm³/mol. The molecule has 94 valence electrons. The van der Waals surface area contributed by atoms with E-state index in [0.29, 0.717) is 12.1 Å². The van der Waals surface area contributed by atoms with Gasteiger partial charge in [-0.05, 0) is 18.2 Å². The van der Waals surface area contributed by atoms with Crippen LogP contribution in [-0.2, 0) is 11.2 Å². The van der Waals surface area contributed by atoms with Crippen molar-refractivity contribution < 1.29 is 9.18 Å². The fraction of sp³-hybridized carbons (Fsp3) is 0.167. The number of nitrogens with two attached hydrogens (primary N) is 1. The van der Waals surface area contributed by atoms with Gasteiger partial charge >= 0.3 is 0 Å². The van der Waals surface area contributed by atoms with Gasteiger partial charge in [-0.15, -0.1) is 0 Å². The van der Waals surface area contributed by atoms with E-state index in [2.05, 4.69) is 15.3 Å². The molecule has 0 bridgehead atoms. The van der Waals surface area contributed by atoms with Crippen molar-refractivity contribution in [1.82, 2.24) is 9.97 Å². The molecule has 0 saturated carbocycles. The van der Waals surface area contributed by atoms with Crippen molar-refractivity contribution in [3.05, 3.63) is 48.3 Å². The Hall–Kier alpha value is -2.21. The van der Waals surface area contributed by atoms with E-state index in [1.807, 2.05) is 0 Å². The molecular formula is C12H13FN4O. The molecule has 0 unspecified atom stereocenters. The molecule has 1 aromatic heterocycles. The second-order valence-corrected chi connectivity index (χ2v) is 3.89. The zero-order valence-electron chi connectivity index (χ0n) is 9.56. The number of nitrogens with one attached hydrogen (secondary N) is 2. The van der Waals surface area contributed by atoms with Crippen LogP contribution >= 0.6 is 0 Å². The van der Waals surface area contributed by atoms with Crippen LogP contribution in [0.1, 0.15) is 5.69 Å². The van der Waals surface area contributed by atoms with Crippen LogP contribution in [0.3, 0.4) is 0 Å². The molecule has 0 radical (unpaired) electrons. The van der Waals surface area contributed by atoms with Gasteiger partial charge in [-0.3, -0.25) is 4.79 Å². The lowest BCUT2D eigenvalue weighted by Gasteiger charge is -2.11. The molecule has 0 spiro atoms. The van der Waals surface area contributed by atoms with Gasteiger partial charge in [0.15, 0.2) is 0 Å². The molecule has 18 heavy (non-hydrogen) atoms. The van der Waals surface area contributed by atoms with Crippen LogP contribution in [0.15, 0.2) is 36.8 Å². The van der Waals surface area contributed by atoms with Gasteiger partial charge < -0.3 is 16.0 Å². The van der Waals surface area contributed by atoms with Gasteiger partial charge in [0, 0.05) is 24.0 Å². The van der Waals surface area contributed by atoms with Crippen LogP contribution in [0.2, 0.25) is 0 Å². The van der Waals surface area contributed by atoms with Crippen molar-refractivity contribution in [2.24, 2.45) is 5.73 Å². The summed E-state index contributed by atoms with van der Waals surface area (Å²) in [6.07, 6.45) is 3.48. The molecular weight excluding hydrogens is 235 g/mol. The molecule has 0 aliphatic carbocycles. The fourth-order valence-corrected chi connectivity index (χ4v) is 1.53.